The number of thioether (sulfide) groups is 1. The number of esters is 1. The minimum Gasteiger partial charge on any atom is -0.427 e. The van der Waals surface area contributed by atoms with Gasteiger partial charge in [0.1, 0.15) is 0 Å². The van der Waals surface area contributed by atoms with Crippen molar-refractivity contribution in [2.75, 3.05) is 5.75 Å². The Labute approximate surface area is 128 Å². The number of aliphatic imine (C=N–C) groups is 1. The molecule has 0 aliphatic carbocycles. The first kappa shape index (κ1) is 19.2. The molecule has 1 aliphatic rings. The van der Waals surface area contributed by atoms with Gasteiger partial charge >= 0.3 is 5.97 Å². The predicted molar refractivity (Wildman–Crippen MR) is 89.3 cm³/mol. The maximum absolute atomic E-state index is 10.5. The van der Waals surface area contributed by atoms with Crippen LogP contribution in [0.2, 0.25) is 0 Å². The van der Waals surface area contributed by atoms with Crippen LogP contribution in [0.4, 0.5) is 0 Å². The number of carbonyl (C=O) groups is 1. The molecule has 0 aromatic rings. The molecule has 0 saturated heterocycles. The zero-order valence-electron chi connectivity index (χ0n) is 13.0. The van der Waals surface area contributed by atoms with E-state index >= 15 is 0 Å². The van der Waals surface area contributed by atoms with E-state index in [2.05, 4.69) is 25.4 Å². The van der Waals surface area contributed by atoms with E-state index in [1.54, 1.807) is 6.21 Å². The number of nitrogens with zero attached hydrogens (tertiary/aromatic N) is 1. The van der Waals surface area contributed by atoms with E-state index in [1.165, 1.54) is 63.1 Å². The number of hydrogen-bond acceptors (Lipinski definition) is 4. The van der Waals surface area contributed by atoms with Crippen LogP contribution in [0.3, 0.4) is 0 Å². The minimum absolute atomic E-state index is 0.342. The van der Waals surface area contributed by atoms with E-state index in [-0.39, 0.29) is 5.56 Å². The Morgan fingerprint density at radius 1 is 1.25 bits per heavy atom. The van der Waals surface area contributed by atoms with Gasteiger partial charge in [0.05, 0.1) is 0 Å². The van der Waals surface area contributed by atoms with Gasteiger partial charge in [0.25, 0.3) is 0 Å². The molecule has 0 spiro atoms. The smallest absolute Gasteiger partial charge is 0.332 e. The lowest BCUT2D eigenvalue weighted by molar-refractivity contribution is -0.138. The highest BCUT2D eigenvalue weighted by Crippen LogP contribution is 2.17. The normalized spacial score (nSPS) is 16.4. The zero-order valence-corrected chi connectivity index (χ0v) is 13.8. The summed E-state index contributed by atoms with van der Waals surface area (Å²) in [4.78, 5) is 14.4. The lowest BCUT2D eigenvalue weighted by Crippen LogP contribution is -2.07. The van der Waals surface area contributed by atoms with E-state index in [0.717, 1.165) is 11.8 Å². The van der Waals surface area contributed by atoms with E-state index in [1.807, 2.05) is 0 Å². The molecule has 1 rings (SSSR count). The third-order valence-electron chi connectivity index (χ3n) is 2.88. The second-order valence-corrected chi connectivity index (χ2v) is 5.80. The Balaban J connectivity index is 0.000000361. The van der Waals surface area contributed by atoms with Crippen molar-refractivity contribution in [2.24, 2.45) is 4.99 Å². The third kappa shape index (κ3) is 12.3. The van der Waals surface area contributed by atoms with E-state index in [0.29, 0.717) is 0 Å². The average Bonchev–Trinajstić information content (AvgIpc) is 2.96. The van der Waals surface area contributed by atoms with Crippen LogP contribution in [-0.2, 0) is 9.53 Å². The van der Waals surface area contributed by atoms with Gasteiger partial charge in [-0.2, -0.15) is 0 Å². The molecule has 1 unspecified atom stereocenters. The summed E-state index contributed by atoms with van der Waals surface area (Å²) >= 11 is 1.47. The molecule has 1 aliphatic heterocycles. The first-order chi connectivity index (χ1) is 9.74. The number of unbranched alkanes of at least 4 members (excludes halogenated alkanes) is 7. The number of carbonyl (C=O) groups excluding carboxylic acids is 1. The van der Waals surface area contributed by atoms with Gasteiger partial charge in [0, 0.05) is 18.0 Å². The first-order valence-corrected chi connectivity index (χ1v) is 8.75. The Morgan fingerprint density at radius 3 is 2.20 bits per heavy atom. The predicted octanol–water partition coefficient (Wildman–Crippen LogP) is 4.96. The zero-order chi connectivity index (χ0) is 15.1. The van der Waals surface area contributed by atoms with Crippen LogP contribution in [-0.4, -0.2) is 23.5 Å². The van der Waals surface area contributed by atoms with E-state index < -0.39 is 5.97 Å². The molecule has 0 saturated carbocycles. The third-order valence-corrected chi connectivity index (χ3v) is 3.73. The van der Waals surface area contributed by atoms with Gasteiger partial charge in [-0.15, -0.1) is 0 Å². The fourth-order valence-corrected chi connectivity index (χ4v) is 2.39. The molecule has 0 N–H and O–H groups in total. The molecule has 3 nitrogen and oxygen atoms in total. The Morgan fingerprint density at radius 2 is 1.80 bits per heavy atom. The summed E-state index contributed by atoms with van der Waals surface area (Å²) in [7, 11) is 0. The van der Waals surface area contributed by atoms with Crippen LogP contribution in [0.5, 0.6) is 0 Å². The van der Waals surface area contributed by atoms with Gasteiger partial charge in [-0.3, -0.25) is 0 Å². The Kier molecular flexibility index (Phi) is 14.1. The lowest BCUT2D eigenvalue weighted by atomic mass is 10.1. The fraction of sp³-hybridized carbons (Fsp3) is 0.750. The van der Waals surface area contributed by atoms with Crippen molar-refractivity contribution in [3.8, 4) is 0 Å². The van der Waals surface area contributed by atoms with Crippen LogP contribution in [0.1, 0.15) is 65.2 Å². The number of rotatable bonds is 9. The van der Waals surface area contributed by atoms with Gasteiger partial charge in [0.15, 0.2) is 0 Å². The Hall–Kier alpha value is -0.770. The van der Waals surface area contributed by atoms with Crippen molar-refractivity contribution in [1.82, 2.24) is 0 Å². The summed E-state index contributed by atoms with van der Waals surface area (Å²) in [6, 6.07) is 0. The molecule has 1 atom stereocenters. The molecule has 0 aromatic heterocycles. The number of hydrogen-bond donors (Lipinski definition) is 0. The highest BCUT2D eigenvalue weighted by molar-refractivity contribution is 8.00. The standard InChI is InChI=1S/C10H22.C6H7NO2S/c1-3-5-7-9-10-8-6-4-2;1-2-5(8)9-6-7-3-4-10-6/h3-10H2,1-2H3;2-3,6H,1,4H2. The van der Waals surface area contributed by atoms with Crippen molar-refractivity contribution in [1.29, 1.82) is 0 Å². The second-order valence-electron chi connectivity index (χ2n) is 4.73. The van der Waals surface area contributed by atoms with Gasteiger partial charge in [0.2, 0.25) is 5.56 Å². The molecule has 116 valence electrons. The van der Waals surface area contributed by atoms with Crippen molar-refractivity contribution in [2.45, 2.75) is 70.8 Å². The summed E-state index contributed by atoms with van der Waals surface area (Å²) in [6.45, 7) is 7.81. The van der Waals surface area contributed by atoms with Crippen LogP contribution < -0.4 is 0 Å². The summed E-state index contributed by atoms with van der Waals surface area (Å²) < 4.78 is 4.77. The van der Waals surface area contributed by atoms with Gasteiger partial charge in [-0.05, 0) is 0 Å². The van der Waals surface area contributed by atoms with Gasteiger partial charge in [-0.25, -0.2) is 9.79 Å². The monoisotopic (exact) mass is 299 g/mol. The molecule has 0 radical (unpaired) electrons. The molecule has 0 amide bonds. The quantitative estimate of drug-likeness (QED) is 0.343. The molecular weight excluding hydrogens is 270 g/mol. The highest BCUT2D eigenvalue weighted by Gasteiger charge is 2.13. The largest absolute Gasteiger partial charge is 0.427 e. The maximum Gasteiger partial charge on any atom is 0.332 e. The molecule has 20 heavy (non-hydrogen) atoms. The summed E-state index contributed by atoms with van der Waals surface area (Å²) in [6.07, 6.45) is 14.3. The first-order valence-electron chi connectivity index (χ1n) is 7.70. The van der Waals surface area contributed by atoms with Crippen molar-refractivity contribution in [3.63, 3.8) is 0 Å². The number of ether oxygens (including phenoxy) is 1. The topological polar surface area (TPSA) is 38.7 Å². The van der Waals surface area contributed by atoms with E-state index in [9.17, 15) is 4.79 Å². The van der Waals surface area contributed by atoms with Gasteiger partial charge in [-0.1, -0.05) is 83.6 Å². The minimum atomic E-state index is -0.420. The van der Waals surface area contributed by atoms with Crippen molar-refractivity contribution < 1.29 is 9.53 Å². The fourth-order valence-electron chi connectivity index (χ4n) is 1.72. The lowest BCUT2D eigenvalue weighted by Gasteiger charge is -2.04. The average molecular weight is 299 g/mol. The van der Waals surface area contributed by atoms with Crippen LogP contribution in [0.15, 0.2) is 17.6 Å². The van der Waals surface area contributed by atoms with E-state index in [4.69, 9.17) is 4.74 Å². The molecular formula is C16H29NO2S. The van der Waals surface area contributed by atoms with Crippen molar-refractivity contribution >= 4 is 23.9 Å². The molecule has 4 heteroatoms. The van der Waals surface area contributed by atoms with Gasteiger partial charge < -0.3 is 4.74 Å². The molecule has 0 aromatic carbocycles. The van der Waals surface area contributed by atoms with Crippen LogP contribution >= 0.6 is 11.8 Å². The second kappa shape index (κ2) is 14.6. The molecule has 0 fully saturated rings. The van der Waals surface area contributed by atoms with Crippen molar-refractivity contribution in [3.05, 3.63) is 12.7 Å². The maximum atomic E-state index is 10.5. The molecule has 0 bridgehead atoms. The summed E-state index contributed by atoms with van der Waals surface area (Å²) in [5.74, 6) is 0.395. The summed E-state index contributed by atoms with van der Waals surface area (Å²) in [5.41, 5.74) is -0.342. The SMILES string of the molecule is C=CC(=O)OC1N=CCS1.CCCCCCCCCC. The molecule has 1 heterocycles. The van der Waals surface area contributed by atoms with Crippen LogP contribution in [0, 0.1) is 0 Å². The van der Waals surface area contributed by atoms with Crippen LogP contribution in [0.25, 0.3) is 0 Å². The highest BCUT2D eigenvalue weighted by atomic mass is 32.2. The Bertz CT molecular complexity index is 272. The summed E-state index contributed by atoms with van der Waals surface area (Å²) in [5, 5.41) is 0.